The second kappa shape index (κ2) is 13.5. The van der Waals surface area contributed by atoms with Gasteiger partial charge >= 0.3 is 5.97 Å². The van der Waals surface area contributed by atoms with Crippen LogP contribution >= 0.6 is 0 Å². The van der Waals surface area contributed by atoms with Crippen LogP contribution in [0.4, 0.5) is 0 Å². The highest BCUT2D eigenvalue weighted by atomic mass is 32.2. The van der Waals surface area contributed by atoms with Crippen LogP contribution in [0.15, 0.2) is 102 Å². The van der Waals surface area contributed by atoms with Gasteiger partial charge in [0.05, 0.1) is 23.4 Å². The molecule has 0 saturated heterocycles. The SMILES string of the molecule is COCC(C)OC(=O)Cc1ccccc1OCc1cc(-c2cccc(CN)c2)c2ccn(S(=O)(=O)c3ccc(C)cc3)c2c1. The van der Waals surface area contributed by atoms with Crippen molar-refractivity contribution in [2.24, 2.45) is 5.73 Å². The summed E-state index contributed by atoms with van der Waals surface area (Å²) >= 11 is 0. The molecular formula is C35H36N2O6S. The Hall–Kier alpha value is -4.44. The van der Waals surface area contributed by atoms with E-state index in [-0.39, 0.29) is 30.0 Å². The summed E-state index contributed by atoms with van der Waals surface area (Å²) in [5, 5.41) is 0.784. The average molecular weight is 613 g/mol. The fourth-order valence-electron chi connectivity index (χ4n) is 5.14. The van der Waals surface area contributed by atoms with Crippen molar-refractivity contribution in [3.8, 4) is 16.9 Å². The number of aryl methyl sites for hydroxylation is 1. The number of nitrogens with two attached hydrogens (primary N) is 1. The molecule has 228 valence electrons. The summed E-state index contributed by atoms with van der Waals surface area (Å²) in [6.07, 6.45) is 1.26. The molecule has 0 spiro atoms. The molecule has 1 heterocycles. The van der Waals surface area contributed by atoms with Crippen molar-refractivity contribution in [1.82, 2.24) is 3.97 Å². The number of ether oxygens (including phenoxy) is 3. The molecule has 1 unspecified atom stereocenters. The number of esters is 1. The largest absolute Gasteiger partial charge is 0.489 e. The fraction of sp³-hybridized carbons (Fsp3) is 0.229. The molecule has 0 fully saturated rings. The molecule has 0 aliphatic carbocycles. The molecule has 4 aromatic carbocycles. The number of hydrogen-bond acceptors (Lipinski definition) is 7. The number of carbonyl (C=O) groups is 1. The topological polar surface area (TPSA) is 110 Å². The third-order valence-electron chi connectivity index (χ3n) is 7.32. The van der Waals surface area contributed by atoms with Crippen LogP contribution in [0, 0.1) is 6.92 Å². The van der Waals surface area contributed by atoms with Crippen molar-refractivity contribution in [1.29, 1.82) is 0 Å². The van der Waals surface area contributed by atoms with E-state index in [1.54, 1.807) is 50.6 Å². The Kier molecular flexibility index (Phi) is 9.49. The van der Waals surface area contributed by atoms with Crippen molar-refractivity contribution in [2.75, 3.05) is 13.7 Å². The molecule has 0 radical (unpaired) electrons. The average Bonchev–Trinajstić information content (AvgIpc) is 3.45. The summed E-state index contributed by atoms with van der Waals surface area (Å²) in [6, 6.07) is 27.7. The Bertz CT molecular complexity index is 1880. The number of benzene rings is 4. The molecule has 0 aliphatic heterocycles. The summed E-state index contributed by atoms with van der Waals surface area (Å²) in [5.41, 5.74) is 11.6. The number of carbonyl (C=O) groups excluding carboxylic acids is 1. The van der Waals surface area contributed by atoms with Gasteiger partial charge in [0.1, 0.15) is 18.5 Å². The lowest BCUT2D eigenvalue weighted by Crippen LogP contribution is -2.21. The van der Waals surface area contributed by atoms with E-state index in [1.165, 1.54) is 3.97 Å². The monoisotopic (exact) mass is 612 g/mol. The van der Waals surface area contributed by atoms with Crippen LogP contribution in [0.25, 0.3) is 22.0 Å². The van der Waals surface area contributed by atoms with E-state index in [0.29, 0.717) is 30.0 Å². The first-order valence-corrected chi connectivity index (χ1v) is 15.8. The predicted molar refractivity (Wildman–Crippen MR) is 171 cm³/mol. The Morgan fingerprint density at radius 3 is 2.45 bits per heavy atom. The normalized spacial score (nSPS) is 12.3. The van der Waals surface area contributed by atoms with Crippen LogP contribution in [0.2, 0.25) is 0 Å². The number of para-hydroxylation sites is 1. The molecule has 1 atom stereocenters. The van der Waals surface area contributed by atoms with Crippen molar-refractivity contribution in [3.63, 3.8) is 0 Å². The summed E-state index contributed by atoms with van der Waals surface area (Å²) in [4.78, 5) is 12.8. The fourth-order valence-corrected chi connectivity index (χ4v) is 6.48. The summed E-state index contributed by atoms with van der Waals surface area (Å²) in [7, 11) is -2.32. The summed E-state index contributed by atoms with van der Waals surface area (Å²) < 4.78 is 45.6. The highest BCUT2D eigenvalue weighted by Crippen LogP contribution is 2.34. The van der Waals surface area contributed by atoms with Crippen molar-refractivity contribution in [3.05, 3.63) is 119 Å². The quantitative estimate of drug-likeness (QED) is 0.172. The highest BCUT2D eigenvalue weighted by molar-refractivity contribution is 7.90. The van der Waals surface area contributed by atoms with Gasteiger partial charge < -0.3 is 19.9 Å². The Labute approximate surface area is 258 Å². The Morgan fingerprint density at radius 2 is 1.70 bits per heavy atom. The molecule has 5 aromatic rings. The number of rotatable bonds is 12. The maximum Gasteiger partial charge on any atom is 0.310 e. The minimum Gasteiger partial charge on any atom is -0.489 e. The van der Waals surface area contributed by atoms with Crippen molar-refractivity contribution in [2.45, 2.75) is 44.4 Å². The molecule has 44 heavy (non-hydrogen) atoms. The van der Waals surface area contributed by atoms with Crippen LogP contribution in [0.3, 0.4) is 0 Å². The number of nitrogens with zero attached hydrogens (tertiary/aromatic N) is 1. The first kappa shape index (κ1) is 31.0. The lowest BCUT2D eigenvalue weighted by atomic mass is 9.97. The first-order chi connectivity index (χ1) is 21.2. The maximum absolute atomic E-state index is 13.8. The minimum absolute atomic E-state index is 0.0397. The number of aromatic nitrogens is 1. The zero-order valence-corrected chi connectivity index (χ0v) is 25.8. The van der Waals surface area contributed by atoms with Crippen LogP contribution < -0.4 is 10.5 Å². The van der Waals surface area contributed by atoms with Crippen molar-refractivity contribution >= 4 is 26.9 Å². The lowest BCUT2D eigenvalue weighted by molar-refractivity contribution is -0.149. The van der Waals surface area contributed by atoms with Gasteiger partial charge in [0.25, 0.3) is 10.0 Å². The molecule has 0 amide bonds. The standard InChI is InChI=1S/C35H36N2O6S/c1-24-11-13-30(14-12-24)44(39,40)37-16-15-31-32(28-9-6-7-26(17-28)21-36)18-27(19-33(31)37)23-42-34-10-5-4-8-29(34)20-35(38)43-25(2)22-41-3/h4-19,25H,20-23,36H2,1-3H3. The smallest absolute Gasteiger partial charge is 0.310 e. The van der Waals surface area contributed by atoms with Crippen LogP contribution in [-0.2, 0) is 43.9 Å². The molecule has 5 rings (SSSR count). The zero-order chi connectivity index (χ0) is 31.3. The third kappa shape index (κ3) is 6.86. The van der Waals surface area contributed by atoms with Gasteiger partial charge in [-0.3, -0.25) is 4.79 Å². The van der Waals surface area contributed by atoms with Crippen LogP contribution in [-0.4, -0.2) is 38.2 Å². The van der Waals surface area contributed by atoms with E-state index >= 15 is 0 Å². The second-order valence-corrected chi connectivity index (χ2v) is 12.6. The van der Waals surface area contributed by atoms with E-state index < -0.39 is 10.0 Å². The van der Waals surface area contributed by atoms with Gasteiger partial charge in [0.15, 0.2) is 0 Å². The minimum atomic E-state index is -3.87. The van der Waals surface area contributed by atoms with Crippen LogP contribution in [0.5, 0.6) is 5.75 Å². The van der Waals surface area contributed by atoms with Gasteiger partial charge in [0, 0.05) is 30.8 Å². The number of hydrogen-bond donors (Lipinski definition) is 1. The summed E-state index contributed by atoms with van der Waals surface area (Å²) in [6.45, 7) is 4.52. The number of fused-ring (bicyclic) bond motifs is 1. The highest BCUT2D eigenvalue weighted by Gasteiger charge is 2.21. The van der Waals surface area contributed by atoms with E-state index in [0.717, 1.165) is 33.2 Å². The van der Waals surface area contributed by atoms with Gasteiger partial charge in [-0.1, -0.05) is 54.1 Å². The van der Waals surface area contributed by atoms with Gasteiger partial charge in [-0.15, -0.1) is 0 Å². The Morgan fingerprint density at radius 1 is 0.932 bits per heavy atom. The molecule has 0 bridgehead atoms. The van der Waals surface area contributed by atoms with Gasteiger partial charge in [-0.2, -0.15) is 0 Å². The molecule has 1 aromatic heterocycles. The van der Waals surface area contributed by atoms with Crippen molar-refractivity contribution < 1.29 is 27.4 Å². The molecule has 2 N–H and O–H groups in total. The number of methoxy groups -OCH3 is 1. The molecule has 8 nitrogen and oxygen atoms in total. The maximum atomic E-state index is 13.8. The summed E-state index contributed by atoms with van der Waals surface area (Å²) in [5.74, 6) is 0.159. The zero-order valence-electron chi connectivity index (χ0n) is 25.0. The van der Waals surface area contributed by atoms with E-state index in [9.17, 15) is 13.2 Å². The van der Waals surface area contributed by atoms with Gasteiger partial charge in [-0.25, -0.2) is 12.4 Å². The molecule has 9 heteroatoms. The molecule has 0 saturated carbocycles. The van der Waals surface area contributed by atoms with E-state index in [4.69, 9.17) is 19.9 Å². The Balaban J connectivity index is 1.52. The first-order valence-electron chi connectivity index (χ1n) is 14.3. The molecule has 0 aliphatic rings. The molecular weight excluding hydrogens is 576 g/mol. The van der Waals surface area contributed by atoms with E-state index in [1.807, 2.05) is 67.6 Å². The van der Waals surface area contributed by atoms with Crippen LogP contribution in [0.1, 0.15) is 29.2 Å². The lowest BCUT2D eigenvalue weighted by Gasteiger charge is -2.15. The van der Waals surface area contributed by atoms with Gasteiger partial charge in [0.2, 0.25) is 0 Å². The van der Waals surface area contributed by atoms with E-state index in [2.05, 4.69) is 0 Å². The van der Waals surface area contributed by atoms with Gasteiger partial charge in [-0.05, 0) is 78.6 Å². The predicted octanol–water partition coefficient (Wildman–Crippen LogP) is 6.01. The third-order valence-corrected chi connectivity index (χ3v) is 9.02. The second-order valence-electron chi connectivity index (χ2n) is 10.7.